The highest BCUT2D eigenvalue weighted by atomic mass is 19.4. The van der Waals surface area contributed by atoms with Gasteiger partial charge in [-0.05, 0) is 49.7 Å². The quantitative estimate of drug-likeness (QED) is 0.817. The standard InChI is InChI=1S/C20H22F3N3O2/c1-2-9-24-18(27)15-12-3-4-13(10-12)16(15)19-25-17(26-28-19)11-5-7-14(8-6-11)20(21,22)23/h5-8,12-13,15-16H,2-4,9-10H2,1H3,(H,24,27)/t12-,13+,15-,16-/m0/s1. The van der Waals surface area contributed by atoms with Crippen LogP contribution in [0.2, 0.25) is 0 Å². The molecule has 28 heavy (non-hydrogen) atoms. The third-order valence-corrected chi connectivity index (χ3v) is 5.97. The average molecular weight is 393 g/mol. The van der Waals surface area contributed by atoms with Crippen molar-refractivity contribution in [2.45, 2.75) is 44.7 Å². The minimum atomic E-state index is -4.39. The molecule has 2 aromatic rings. The van der Waals surface area contributed by atoms with Crippen LogP contribution in [0, 0.1) is 17.8 Å². The van der Waals surface area contributed by atoms with Crippen LogP contribution < -0.4 is 5.32 Å². The molecule has 1 aromatic carbocycles. The first-order valence-electron chi connectivity index (χ1n) is 9.67. The van der Waals surface area contributed by atoms with Gasteiger partial charge < -0.3 is 9.84 Å². The zero-order chi connectivity index (χ0) is 19.9. The summed E-state index contributed by atoms with van der Waals surface area (Å²) in [7, 11) is 0. The first-order valence-corrected chi connectivity index (χ1v) is 9.67. The maximum Gasteiger partial charge on any atom is 0.416 e. The van der Waals surface area contributed by atoms with Gasteiger partial charge in [0.15, 0.2) is 0 Å². The molecular weight excluding hydrogens is 371 g/mol. The van der Waals surface area contributed by atoms with E-state index in [0.717, 1.165) is 37.8 Å². The van der Waals surface area contributed by atoms with Crippen LogP contribution >= 0.6 is 0 Å². The van der Waals surface area contributed by atoms with Crippen molar-refractivity contribution in [1.82, 2.24) is 15.5 Å². The Hall–Kier alpha value is -2.38. The van der Waals surface area contributed by atoms with Crippen LogP contribution in [0.5, 0.6) is 0 Å². The molecule has 0 saturated heterocycles. The Morgan fingerprint density at radius 1 is 1.21 bits per heavy atom. The topological polar surface area (TPSA) is 68.0 Å². The number of fused-ring (bicyclic) bond motifs is 2. The number of amides is 1. The number of hydrogen-bond acceptors (Lipinski definition) is 4. The van der Waals surface area contributed by atoms with Gasteiger partial charge in [0.05, 0.1) is 17.4 Å². The predicted octanol–water partition coefficient (Wildman–Crippen LogP) is 4.41. The highest BCUT2D eigenvalue weighted by molar-refractivity contribution is 5.80. The predicted molar refractivity (Wildman–Crippen MR) is 95.1 cm³/mol. The Labute approximate surface area is 160 Å². The molecule has 4 rings (SSSR count). The van der Waals surface area contributed by atoms with Crippen LogP contribution in [0.1, 0.15) is 50.0 Å². The number of carbonyl (C=O) groups excluding carboxylic acids is 1. The molecule has 0 aliphatic heterocycles. The van der Waals surface area contributed by atoms with Gasteiger partial charge in [0.1, 0.15) is 0 Å². The van der Waals surface area contributed by atoms with E-state index < -0.39 is 11.7 Å². The van der Waals surface area contributed by atoms with Crippen LogP contribution in [-0.4, -0.2) is 22.6 Å². The monoisotopic (exact) mass is 393 g/mol. The lowest BCUT2D eigenvalue weighted by Crippen LogP contribution is -2.37. The maximum absolute atomic E-state index is 12.7. The summed E-state index contributed by atoms with van der Waals surface area (Å²) < 4.78 is 43.7. The van der Waals surface area contributed by atoms with E-state index in [4.69, 9.17) is 4.52 Å². The average Bonchev–Trinajstić information content (AvgIpc) is 3.40. The Morgan fingerprint density at radius 3 is 2.61 bits per heavy atom. The van der Waals surface area contributed by atoms with Crippen LogP contribution in [0.4, 0.5) is 13.2 Å². The SMILES string of the molecule is CCCNC(=O)[C@H]1[C@H]2CC[C@H](C2)[C@@H]1c1nc(-c2ccc(C(F)(F)F)cc2)no1. The largest absolute Gasteiger partial charge is 0.416 e. The number of alkyl halides is 3. The Morgan fingerprint density at radius 2 is 1.93 bits per heavy atom. The number of nitrogens with one attached hydrogen (secondary N) is 1. The number of rotatable bonds is 5. The van der Waals surface area contributed by atoms with Gasteiger partial charge in [-0.2, -0.15) is 18.2 Å². The second-order valence-electron chi connectivity index (χ2n) is 7.71. The summed E-state index contributed by atoms with van der Waals surface area (Å²) in [4.78, 5) is 17.1. The van der Waals surface area contributed by atoms with Gasteiger partial charge in [0.2, 0.25) is 17.6 Å². The van der Waals surface area contributed by atoms with Crippen molar-refractivity contribution in [3.8, 4) is 11.4 Å². The van der Waals surface area contributed by atoms with E-state index in [0.29, 0.717) is 29.8 Å². The number of benzene rings is 1. The molecule has 1 amide bonds. The molecule has 0 unspecified atom stereocenters. The van der Waals surface area contributed by atoms with Gasteiger partial charge in [0, 0.05) is 12.1 Å². The third-order valence-electron chi connectivity index (χ3n) is 5.97. The minimum absolute atomic E-state index is 0.0355. The Kier molecular flexibility index (Phi) is 4.89. The first-order chi connectivity index (χ1) is 13.4. The molecule has 0 spiro atoms. The molecule has 4 atom stereocenters. The van der Waals surface area contributed by atoms with Crippen LogP contribution in [0.25, 0.3) is 11.4 Å². The summed E-state index contributed by atoms with van der Waals surface area (Å²) in [6.07, 6.45) is -0.470. The third kappa shape index (κ3) is 3.40. The molecular formula is C20H22F3N3O2. The fraction of sp³-hybridized carbons (Fsp3) is 0.550. The van der Waals surface area contributed by atoms with Crippen LogP contribution in [0.15, 0.2) is 28.8 Å². The molecule has 2 aliphatic rings. The van der Waals surface area contributed by atoms with Gasteiger partial charge in [-0.3, -0.25) is 4.79 Å². The van der Waals surface area contributed by atoms with E-state index in [1.807, 2.05) is 6.92 Å². The first kappa shape index (κ1) is 19.0. The van der Waals surface area contributed by atoms with Gasteiger partial charge in [0.25, 0.3) is 0 Å². The highest BCUT2D eigenvalue weighted by Gasteiger charge is 2.53. The van der Waals surface area contributed by atoms with E-state index in [-0.39, 0.29) is 23.6 Å². The van der Waals surface area contributed by atoms with Crippen molar-refractivity contribution in [2.24, 2.45) is 17.8 Å². The van der Waals surface area contributed by atoms with E-state index in [1.165, 1.54) is 12.1 Å². The minimum Gasteiger partial charge on any atom is -0.356 e. The summed E-state index contributed by atoms with van der Waals surface area (Å²) in [5, 5.41) is 6.95. The number of hydrogen-bond donors (Lipinski definition) is 1. The highest BCUT2D eigenvalue weighted by Crippen LogP contribution is 2.56. The summed E-state index contributed by atoms with van der Waals surface area (Å²) in [6, 6.07) is 4.68. The number of carbonyl (C=O) groups is 1. The van der Waals surface area contributed by atoms with E-state index >= 15 is 0 Å². The van der Waals surface area contributed by atoms with Crippen molar-refractivity contribution in [3.05, 3.63) is 35.7 Å². The number of nitrogens with zero attached hydrogens (tertiary/aromatic N) is 2. The molecule has 2 aliphatic carbocycles. The van der Waals surface area contributed by atoms with Gasteiger partial charge in [-0.25, -0.2) is 0 Å². The maximum atomic E-state index is 12.7. The van der Waals surface area contributed by atoms with Gasteiger partial charge >= 0.3 is 6.18 Å². The summed E-state index contributed by atoms with van der Waals surface area (Å²) in [5.74, 6) is 1.07. The molecule has 2 saturated carbocycles. The van der Waals surface area contributed by atoms with Crippen molar-refractivity contribution in [1.29, 1.82) is 0 Å². The second kappa shape index (κ2) is 7.22. The lowest BCUT2D eigenvalue weighted by molar-refractivity contribution is -0.137. The Balaban J connectivity index is 1.57. The van der Waals surface area contributed by atoms with Gasteiger partial charge in [-0.1, -0.05) is 24.2 Å². The van der Waals surface area contributed by atoms with Gasteiger partial charge in [-0.15, -0.1) is 0 Å². The molecule has 150 valence electrons. The molecule has 0 radical (unpaired) electrons. The smallest absolute Gasteiger partial charge is 0.356 e. The molecule has 8 heteroatoms. The number of aromatic nitrogens is 2. The molecule has 1 aromatic heterocycles. The van der Waals surface area contributed by atoms with Crippen molar-refractivity contribution >= 4 is 5.91 Å². The second-order valence-corrected chi connectivity index (χ2v) is 7.71. The lowest BCUT2D eigenvalue weighted by Gasteiger charge is -2.27. The fourth-order valence-electron chi connectivity index (χ4n) is 4.69. The molecule has 2 fully saturated rings. The molecule has 1 heterocycles. The molecule has 2 bridgehead atoms. The zero-order valence-electron chi connectivity index (χ0n) is 15.5. The normalized spacial score (nSPS) is 26.6. The number of halogens is 3. The van der Waals surface area contributed by atoms with Crippen LogP contribution in [0.3, 0.4) is 0 Å². The van der Waals surface area contributed by atoms with Crippen molar-refractivity contribution < 1.29 is 22.5 Å². The Bertz CT molecular complexity index is 847. The van der Waals surface area contributed by atoms with E-state index in [1.54, 1.807) is 0 Å². The van der Waals surface area contributed by atoms with E-state index in [2.05, 4.69) is 15.5 Å². The summed E-state index contributed by atoms with van der Waals surface area (Å²) in [5.41, 5.74) is -0.265. The van der Waals surface area contributed by atoms with Crippen molar-refractivity contribution in [3.63, 3.8) is 0 Å². The lowest BCUT2D eigenvalue weighted by atomic mass is 9.78. The molecule has 5 nitrogen and oxygen atoms in total. The summed E-state index contributed by atoms with van der Waals surface area (Å²) in [6.45, 7) is 2.65. The van der Waals surface area contributed by atoms with E-state index in [9.17, 15) is 18.0 Å². The van der Waals surface area contributed by atoms with Crippen molar-refractivity contribution in [2.75, 3.05) is 6.54 Å². The van der Waals surface area contributed by atoms with Crippen LogP contribution in [-0.2, 0) is 11.0 Å². The molecule has 1 N–H and O–H groups in total. The zero-order valence-corrected chi connectivity index (χ0v) is 15.5. The fourth-order valence-corrected chi connectivity index (χ4v) is 4.69. The summed E-state index contributed by atoms with van der Waals surface area (Å²) >= 11 is 0.